The third-order valence-corrected chi connectivity index (χ3v) is 7.94. The fourth-order valence-electron chi connectivity index (χ4n) is 4.67. The number of halogens is 1. The summed E-state index contributed by atoms with van der Waals surface area (Å²) in [6.45, 7) is 6.89. The summed E-state index contributed by atoms with van der Waals surface area (Å²) in [6, 6.07) is 14.7. The zero-order valence-electron chi connectivity index (χ0n) is 23.5. The number of piperazine rings is 1. The van der Waals surface area contributed by atoms with E-state index in [2.05, 4.69) is 49.6 Å². The molecule has 5 rings (SSSR count). The van der Waals surface area contributed by atoms with Crippen LogP contribution in [0.5, 0.6) is 0 Å². The fraction of sp³-hybridized carbons (Fsp3) is 0.344. The maximum absolute atomic E-state index is 13.0. The number of aryl methyl sites for hydroxylation is 1. The standard InChI is InChI=1S/C32H35ClN6O2/c1-22-6-9-25(31(40)35-28-12-11-26(29(33)19-28)21-39-16-14-38(2)15-17-39)18-24(22)10-7-23-8-13-30(34-20-23)37-32(41)36-27-4-3-5-27/h6,8-9,11-13,18-20,27H,3-5,14-17,21H2,1-2H3,(H,35,40)(H2,34,36,37,41). The summed E-state index contributed by atoms with van der Waals surface area (Å²) in [5.41, 5.74) is 4.63. The van der Waals surface area contributed by atoms with E-state index in [-0.39, 0.29) is 18.0 Å². The summed E-state index contributed by atoms with van der Waals surface area (Å²) in [6.07, 6.45) is 4.83. The molecule has 2 aromatic carbocycles. The second-order valence-electron chi connectivity index (χ2n) is 10.8. The van der Waals surface area contributed by atoms with Gasteiger partial charge in [-0.1, -0.05) is 35.6 Å². The van der Waals surface area contributed by atoms with Crippen molar-refractivity contribution in [3.8, 4) is 11.8 Å². The number of carbonyl (C=O) groups is 2. The third kappa shape index (κ3) is 7.86. The number of benzene rings is 2. The zero-order valence-corrected chi connectivity index (χ0v) is 24.2. The molecular weight excluding hydrogens is 536 g/mol. The van der Waals surface area contributed by atoms with Crippen molar-refractivity contribution in [3.63, 3.8) is 0 Å². The molecule has 8 nitrogen and oxygen atoms in total. The van der Waals surface area contributed by atoms with Crippen LogP contribution in [0.1, 0.15) is 51.9 Å². The average molecular weight is 571 g/mol. The summed E-state index contributed by atoms with van der Waals surface area (Å²) in [5, 5.41) is 9.27. The first-order valence-corrected chi connectivity index (χ1v) is 14.4. The molecule has 1 saturated carbocycles. The highest BCUT2D eigenvalue weighted by Crippen LogP contribution is 2.24. The van der Waals surface area contributed by atoms with Crippen LogP contribution in [0.25, 0.3) is 0 Å². The molecule has 1 aromatic heterocycles. The molecule has 2 fully saturated rings. The van der Waals surface area contributed by atoms with E-state index in [1.807, 2.05) is 37.3 Å². The van der Waals surface area contributed by atoms with Gasteiger partial charge in [0.15, 0.2) is 0 Å². The molecule has 0 bridgehead atoms. The molecule has 0 atom stereocenters. The Hall–Kier alpha value is -3.90. The summed E-state index contributed by atoms with van der Waals surface area (Å²) < 4.78 is 0. The predicted octanol–water partition coefficient (Wildman–Crippen LogP) is 5.12. The minimum atomic E-state index is -0.240. The Balaban J connectivity index is 1.19. The van der Waals surface area contributed by atoms with Gasteiger partial charge < -0.3 is 15.5 Å². The Morgan fingerprint density at radius 3 is 2.49 bits per heavy atom. The maximum Gasteiger partial charge on any atom is 0.320 e. The highest BCUT2D eigenvalue weighted by Gasteiger charge is 2.19. The fourth-order valence-corrected chi connectivity index (χ4v) is 4.91. The first kappa shape index (κ1) is 28.6. The third-order valence-electron chi connectivity index (χ3n) is 7.59. The van der Waals surface area contributed by atoms with Crippen LogP contribution in [0.2, 0.25) is 5.02 Å². The lowest BCUT2D eigenvalue weighted by molar-refractivity contribution is 0.102. The lowest BCUT2D eigenvalue weighted by atomic mass is 9.93. The molecule has 212 valence electrons. The molecule has 1 saturated heterocycles. The van der Waals surface area contributed by atoms with Gasteiger partial charge in [-0.25, -0.2) is 9.78 Å². The number of nitrogens with one attached hydrogen (secondary N) is 3. The van der Waals surface area contributed by atoms with Crippen LogP contribution in [0, 0.1) is 18.8 Å². The highest BCUT2D eigenvalue weighted by atomic mass is 35.5. The van der Waals surface area contributed by atoms with E-state index in [0.717, 1.165) is 68.7 Å². The molecule has 0 spiro atoms. The van der Waals surface area contributed by atoms with Crippen molar-refractivity contribution in [3.05, 3.63) is 87.6 Å². The number of hydrogen-bond donors (Lipinski definition) is 3. The van der Waals surface area contributed by atoms with Crippen molar-refractivity contribution in [1.29, 1.82) is 0 Å². The summed E-state index contributed by atoms with van der Waals surface area (Å²) >= 11 is 6.58. The van der Waals surface area contributed by atoms with Crippen molar-refractivity contribution in [2.24, 2.45) is 0 Å². The number of pyridine rings is 1. The Morgan fingerprint density at radius 2 is 1.80 bits per heavy atom. The minimum absolute atomic E-state index is 0.229. The topological polar surface area (TPSA) is 89.6 Å². The van der Waals surface area contributed by atoms with E-state index in [1.165, 1.54) is 0 Å². The number of anilines is 2. The van der Waals surface area contributed by atoms with E-state index in [1.54, 1.807) is 24.4 Å². The Kier molecular flexibility index (Phi) is 9.20. The molecule has 1 aliphatic carbocycles. The number of likely N-dealkylation sites (N-methyl/N-ethyl adjacent to an activating group) is 1. The summed E-state index contributed by atoms with van der Waals surface area (Å²) in [5.74, 6) is 6.49. The van der Waals surface area contributed by atoms with Gasteiger partial charge in [0.1, 0.15) is 5.82 Å². The van der Waals surface area contributed by atoms with Crippen molar-refractivity contribution in [1.82, 2.24) is 20.1 Å². The smallest absolute Gasteiger partial charge is 0.320 e. The average Bonchev–Trinajstić information content (AvgIpc) is 2.94. The second kappa shape index (κ2) is 13.2. The number of nitrogens with zero attached hydrogens (tertiary/aromatic N) is 3. The molecule has 0 unspecified atom stereocenters. The van der Waals surface area contributed by atoms with Gasteiger partial charge in [-0.2, -0.15) is 0 Å². The SMILES string of the molecule is Cc1ccc(C(=O)Nc2ccc(CN3CCN(C)CC3)c(Cl)c2)cc1C#Cc1ccc(NC(=O)NC2CCC2)nc1. The van der Waals surface area contributed by atoms with Gasteiger partial charge in [0.05, 0.1) is 0 Å². The molecule has 2 heterocycles. The van der Waals surface area contributed by atoms with Crippen LogP contribution in [0.15, 0.2) is 54.7 Å². The minimum Gasteiger partial charge on any atom is -0.335 e. The lowest BCUT2D eigenvalue weighted by Gasteiger charge is -2.32. The van der Waals surface area contributed by atoms with E-state index >= 15 is 0 Å². The van der Waals surface area contributed by atoms with Gasteiger partial charge >= 0.3 is 6.03 Å². The monoisotopic (exact) mass is 570 g/mol. The normalized spacial score (nSPS) is 15.8. The molecule has 2 aliphatic rings. The van der Waals surface area contributed by atoms with Crippen LogP contribution in [0.4, 0.5) is 16.3 Å². The van der Waals surface area contributed by atoms with Gasteiger partial charge in [-0.15, -0.1) is 0 Å². The molecule has 41 heavy (non-hydrogen) atoms. The van der Waals surface area contributed by atoms with Crippen LogP contribution in [0.3, 0.4) is 0 Å². The van der Waals surface area contributed by atoms with Gasteiger partial charge in [0.25, 0.3) is 5.91 Å². The van der Waals surface area contributed by atoms with Crippen LogP contribution >= 0.6 is 11.6 Å². The van der Waals surface area contributed by atoms with Gasteiger partial charge in [0.2, 0.25) is 0 Å². The molecule has 0 radical (unpaired) electrons. The Morgan fingerprint density at radius 1 is 1.00 bits per heavy atom. The van der Waals surface area contributed by atoms with Crippen molar-refractivity contribution in [2.75, 3.05) is 43.9 Å². The molecule has 3 aromatic rings. The lowest BCUT2D eigenvalue weighted by Crippen LogP contribution is -2.43. The molecule has 9 heteroatoms. The van der Waals surface area contributed by atoms with Crippen LogP contribution in [-0.2, 0) is 6.54 Å². The number of aromatic nitrogens is 1. The van der Waals surface area contributed by atoms with Crippen LogP contribution < -0.4 is 16.0 Å². The molecule has 1 aliphatic heterocycles. The highest BCUT2D eigenvalue weighted by molar-refractivity contribution is 6.31. The molecule has 3 N–H and O–H groups in total. The number of hydrogen-bond acceptors (Lipinski definition) is 5. The van der Waals surface area contributed by atoms with Crippen molar-refractivity contribution < 1.29 is 9.59 Å². The van der Waals surface area contributed by atoms with Gasteiger partial charge in [0, 0.05) is 72.4 Å². The first-order chi connectivity index (χ1) is 19.8. The van der Waals surface area contributed by atoms with E-state index in [4.69, 9.17) is 11.6 Å². The van der Waals surface area contributed by atoms with Crippen LogP contribution in [-0.4, -0.2) is 66.0 Å². The Bertz CT molecular complexity index is 1470. The van der Waals surface area contributed by atoms with Crippen molar-refractivity contribution in [2.45, 2.75) is 38.8 Å². The maximum atomic E-state index is 13.0. The number of carbonyl (C=O) groups excluding carboxylic acids is 2. The molecular formula is C32H35ClN6O2. The second-order valence-corrected chi connectivity index (χ2v) is 11.2. The van der Waals surface area contributed by atoms with E-state index in [0.29, 0.717) is 27.7 Å². The first-order valence-electron chi connectivity index (χ1n) is 14.0. The van der Waals surface area contributed by atoms with Gasteiger partial charge in [-0.05, 0) is 80.8 Å². The summed E-state index contributed by atoms with van der Waals surface area (Å²) in [4.78, 5) is 34.1. The largest absolute Gasteiger partial charge is 0.335 e. The number of rotatable bonds is 6. The van der Waals surface area contributed by atoms with E-state index in [9.17, 15) is 9.59 Å². The Labute approximate surface area is 246 Å². The quantitative estimate of drug-likeness (QED) is 0.358. The summed E-state index contributed by atoms with van der Waals surface area (Å²) in [7, 11) is 2.14. The van der Waals surface area contributed by atoms with Gasteiger partial charge in [-0.3, -0.25) is 15.0 Å². The molecule has 3 amide bonds. The van der Waals surface area contributed by atoms with Crippen molar-refractivity contribution >= 4 is 35.0 Å². The number of urea groups is 1. The zero-order chi connectivity index (χ0) is 28.8. The number of amides is 3. The predicted molar refractivity (Wildman–Crippen MR) is 163 cm³/mol. The van der Waals surface area contributed by atoms with E-state index < -0.39 is 0 Å².